The topological polar surface area (TPSA) is 64.7 Å². The predicted molar refractivity (Wildman–Crippen MR) is 87.7 cm³/mol. The Kier molecular flexibility index (Phi) is 6.06. The second-order valence-electron chi connectivity index (χ2n) is 3.70. The van der Waals surface area contributed by atoms with Gasteiger partial charge in [0.25, 0.3) is 0 Å². The van der Waals surface area contributed by atoms with Crippen LogP contribution in [0.25, 0.3) is 22.9 Å². The number of thiazole rings is 1. The highest BCUT2D eigenvalue weighted by Crippen LogP contribution is 2.20. The number of rotatable bonds is 2. The highest BCUT2D eigenvalue weighted by molar-refractivity contribution is 7.13. The second kappa shape index (κ2) is 7.55. The van der Waals surface area contributed by atoms with Crippen molar-refractivity contribution in [2.24, 2.45) is 0 Å². The third-order valence-corrected chi connectivity index (χ3v) is 3.49. The molecular formula is C15H20N4S. The molecule has 0 spiro atoms. The maximum absolute atomic E-state index is 5.85. The van der Waals surface area contributed by atoms with E-state index in [2.05, 4.69) is 21.5 Å². The minimum atomic E-state index is 0.405. The number of anilines is 1. The van der Waals surface area contributed by atoms with Gasteiger partial charge in [-0.25, -0.2) is 15.0 Å². The average Bonchev–Trinajstić information content (AvgIpc) is 2.87. The van der Waals surface area contributed by atoms with E-state index in [1.54, 1.807) is 23.6 Å². The first-order valence-corrected chi connectivity index (χ1v) is 7.32. The number of allylic oxidation sites excluding steroid dienone is 1. The lowest BCUT2D eigenvalue weighted by atomic mass is 10.4. The number of nitrogens with zero attached hydrogens (tertiary/aromatic N) is 3. The molecule has 20 heavy (non-hydrogen) atoms. The fourth-order valence-electron chi connectivity index (χ4n) is 1.53. The summed E-state index contributed by atoms with van der Waals surface area (Å²) in [6.07, 6.45) is 7.25. The number of nitrogens with two attached hydrogens (primary N) is 1. The predicted octanol–water partition coefficient (Wildman–Crippen LogP) is 2.28. The Morgan fingerprint density at radius 1 is 1.30 bits per heavy atom. The van der Waals surface area contributed by atoms with Crippen LogP contribution in [0.2, 0.25) is 0 Å². The molecule has 0 aliphatic rings. The van der Waals surface area contributed by atoms with Crippen LogP contribution >= 0.6 is 11.3 Å². The summed E-state index contributed by atoms with van der Waals surface area (Å²) < 4.78 is 1.08. The smallest absolute Gasteiger partial charge is 0.152 e. The largest absolute Gasteiger partial charge is 0.382 e. The summed E-state index contributed by atoms with van der Waals surface area (Å²) in [5, 5.41) is 1.67. The van der Waals surface area contributed by atoms with Crippen molar-refractivity contribution in [2.75, 3.05) is 5.73 Å². The van der Waals surface area contributed by atoms with Crippen molar-refractivity contribution >= 4 is 29.3 Å². The van der Waals surface area contributed by atoms with Gasteiger partial charge in [-0.15, -0.1) is 11.3 Å². The molecule has 0 bridgehead atoms. The Morgan fingerprint density at radius 3 is 2.60 bits per heavy atom. The van der Waals surface area contributed by atoms with Gasteiger partial charge in [-0.05, 0) is 19.9 Å². The van der Waals surface area contributed by atoms with Gasteiger partial charge in [-0.3, -0.25) is 0 Å². The van der Waals surface area contributed by atoms with Gasteiger partial charge < -0.3 is 5.73 Å². The zero-order chi connectivity index (χ0) is 15.1. The monoisotopic (exact) mass is 288 g/mol. The molecule has 5 heteroatoms. The summed E-state index contributed by atoms with van der Waals surface area (Å²) in [5.74, 6) is 0.405. The summed E-state index contributed by atoms with van der Waals surface area (Å²) in [6.45, 7) is 11.5. The van der Waals surface area contributed by atoms with Crippen molar-refractivity contribution < 1.29 is 0 Å². The van der Waals surface area contributed by atoms with Gasteiger partial charge in [0, 0.05) is 0 Å². The number of hydrogen-bond donors (Lipinski definition) is 1. The van der Waals surface area contributed by atoms with Gasteiger partial charge in [0.1, 0.15) is 10.7 Å². The summed E-state index contributed by atoms with van der Waals surface area (Å²) in [4.78, 5) is 13.0. The molecule has 0 fully saturated rings. The molecule has 0 radical (unpaired) electrons. The molecule has 0 aliphatic heterocycles. The number of hydrogen-bond acceptors (Lipinski definition) is 5. The normalized spacial score (nSPS) is 12.0. The van der Waals surface area contributed by atoms with E-state index in [1.807, 2.05) is 39.8 Å². The molecule has 0 unspecified atom stereocenters. The summed E-state index contributed by atoms with van der Waals surface area (Å²) in [6, 6.07) is 0. The first kappa shape index (κ1) is 16.0. The van der Waals surface area contributed by atoms with Crippen molar-refractivity contribution in [1.29, 1.82) is 0 Å². The minimum absolute atomic E-state index is 0.405. The van der Waals surface area contributed by atoms with Gasteiger partial charge in [-0.2, -0.15) is 0 Å². The number of aromatic nitrogens is 3. The van der Waals surface area contributed by atoms with Gasteiger partial charge in [-0.1, -0.05) is 32.6 Å². The van der Waals surface area contributed by atoms with Gasteiger partial charge in [0.15, 0.2) is 5.82 Å². The zero-order valence-corrected chi connectivity index (χ0v) is 13.2. The maximum atomic E-state index is 5.85. The third kappa shape index (κ3) is 3.51. The fourth-order valence-corrected chi connectivity index (χ4v) is 2.46. The molecule has 2 rings (SSSR count). The molecule has 2 aromatic rings. The van der Waals surface area contributed by atoms with Crippen molar-refractivity contribution in [3.63, 3.8) is 0 Å². The lowest BCUT2D eigenvalue weighted by Gasteiger charge is -2.00. The zero-order valence-electron chi connectivity index (χ0n) is 12.3. The minimum Gasteiger partial charge on any atom is -0.382 e. The van der Waals surface area contributed by atoms with Crippen molar-refractivity contribution in [2.45, 2.75) is 27.7 Å². The Hall–Kier alpha value is -2.01. The Labute approximate surface area is 123 Å². The van der Waals surface area contributed by atoms with Crippen LogP contribution < -0.4 is 15.6 Å². The molecular weight excluding hydrogens is 268 g/mol. The van der Waals surface area contributed by atoms with Crippen LogP contribution in [-0.4, -0.2) is 15.0 Å². The highest BCUT2D eigenvalue weighted by atomic mass is 32.1. The van der Waals surface area contributed by atoms with Gasteiger partial charge in [0.05, 0.1) is 21.8 Å². The van der Waals surface area contributed by atoms with E-state index in [0.717, 1.165) is 20.6 Å². The van der Waals surface area contributed by atoms with Crippen molar-refractivity contribution in [3.05, 3.63) is 34.4 Å². The summed E-state index contributed by atoms with van der Waals surface area (Å²) in [7, 11) is 0. The molecule has 0 amide bonds. The van der Waals surface area contributed by atoms with E-state index in [9.17, 15) is 0 Å². The van der Waals surface area contributed by atoms with E-state index < -0.39 is 0 Å². The van der Waals surface area contributed by atoms with E-state index in [4.69, 9.17) is 5.73 Å². The Morgan fingerprint density at radius 2 is 2.00 bits per heavy atom. The van der Waals surface area contributed by atoms with Crippen LogP contribution in [0, 0.1) is 6.92 Å². The standard InChI is InChI=1S/C13H14N4S.C2H6/c1-4-6-9-10(5-2)18-13(17-9)11-12(14)15-7-8(3)16-11;1-2/h4-7H,1H2,2-3H3,(H2,14,15);1-2H3/b9-6+,10-5+;. The van der Waals surface area contributed by atoms with E-state index in [1.165, 1.54) is 0 Å². The quantitative estimate of drug-likeness (QED) is 0.921. The van der Waals surface area contributed by atoms with Crippen molar-refractivity contribution in [3.8, 4) is 10.7 Å². The first-order chi connectivity index (χ1) is 9.65. The Balaban J connectivity index is 0.000000956. The molecule has 2 aromatic heterocycles. The second-order valence-corrected chi connectivity index (χ2v) is 4.74. The van der Waals surface area contributed by atoms with Crippen LogP contribution in [0.3, 0.4) is 0 Å². The lowest BCUT2D eigenvalue weighted by molar-refractivity contribution is 1.12. The molecule has 0 aliphatic carbocycles. The SMILES string of the molecule is C=C/C=c1/nc(-c2nc(C)cnc2N)s/c1=C/C.CC. The molecule has 0 saturated heterocycles. The third-order valence-electron chi connectivity index (χ3n) is 2.34. The molecule has 2 N–H and O–H groups in total. The molecule has 2 heterocycles. The fraction of sp³-hybridized carbons (Fsp3) is 0.267. The molecule has 4 nitrogen and oxygen atoms in total. The summed E-state index contributed by atoms with van der Waals surface area (Å²) >= 11 is 1.55. The van der Waals surface area contributed by atoms with Crippen LogP contribution in [0.15, 0.2) is 18.9 Å². The van der Waals surface area contributed by atoms with Crippen LogP contribution in [0.4, 0.5) is 5.82 Å². The molecule has 106 valence electrons. The highest BCUT2D eigenvalue weighted by Gasteiger charge is 2.10. The average molecular weight is 288 g/mol. The number of nitrogen functional groups attached to an aromatic ring is 1. The van der Waals surface area contributed by atoms with Gasteiger partial charge in [0.2, 0.25) is 0 Å². The van der Waals surface area contributed by atoms with E-state index in [-0.39, 0.29) is 0 Å². The van der Waals surface area contributed by atoms with Crippen LogP contribution in [0.5, 0.6) is 0 Å². The molecule has 0 saturated carbocycles. The van der Waals surface area contributed by atoms with E-state index in [0.29, 0.717) is 11.5 Å². The van der Waals surface area contributed by atoms with Crippen LogP contribution in [0.1, 0.15) is 26.5 Å². The lowest BCUT2D eigenvalue weighted by Crippen LogP contribution is -2.19. The Bertz CT molecular complexity index is 701. The maximum Gasteiger partial charge on any atom is 0.152 e. The van der Waals surface area contributed by atoms with Crippen molar-refractivity contribution in [1.82, 2.24) is 15.0 Å². The first-order valence-electron chi connectivity index (χ1n) is 6.51. The molecule has 0 aromatic carbocycles. The summed E-state index contributed by atoms with van der Waals surface area (Å²) in [5.41, 5.74) is 7.32. The number of aryl methyl sites for hydroxylation is 1. The van der Waals surface area contributed by atoms with Gasteiger partial charge >= 0.3 is 0 Å². The van der Waals surface area contributed by atoms with Crippen LogP contribution in [-0.2, 0) is 0 Å². The molecule has 0 atom stereocenters. The van der Waals surface area contributed by atoms with E-state index >= 15 is 0 Å².